The molecule has 4 heteroatoms. The van der Waals surface area contributed by atoms with E-state index < -0.39 is 0 Å². The van der Waals surface area contributed by atoms with Crippen LogP contribution in [0.2, 0.25) is 0 Å². The summed E-state index contributed by atoms with van der Waals surface area (Å²) in [5, 5.41) is 13.8. The van der Waals surface area contributed by atoms with E-state index in [0.717, 1.165) is 37.0 Å². The molecule has 2 saturated carbocycles. The molecule has 2 aliphatic rings. The van der Waals surface area contributed by atoms with E-state index in [1.54, 1.807) is 0 Å². The molecule has 1 aromatic carbocycles. The number of hydrogen-bond donors (Lipinski definition) is 2. The van der Waals surface area contributed by atoms with Crippen LogP contribution in [0.15, 0.2) is 29.4 Å². The molecule has 4 nitrogen and oxygen atoms in total. The molecule has 0 heterocycles. The van der Waals surface area contributed by atoms with Crippen LogP contribution in [0.5, 0.6) is 0 Å². The fourth-order valence-corrected chi connectivity index (χ4v) is 3.78. The third-order valence-electron chi connectivity index (χ3n) is 4.74. The standard InChI is InChI=1S/C16H20N2O2/c1-11-4-2-3-5-14(11)15(18-17-10-19)12-6-16(7-12)8-13(20)9-16/h2-5,10,12-13,20H,6-9H2,1H3,(H,17,19)/b18-15-. The molecule has 2 fully saturated rings. The van der Waals surface area contributed by atoms with E-state index in [2.05, 4.69) is 29.6 Å². The molecule has 20 heavy (non-hydrogen) atoms. The summed E-state index contributed by atoms with van der Waals surface area (Å²) in [5.74, 6) is 0.385. The summed E-state index contributed by atoms with van der Waals surface area (Å²) in [6, 6.07) is 8.13. The quantitative estimate of drug-likeness (QED) is 0.500. The van der Waals surface area contributed by atoms with Gasteiger partial charge in [0.25, 0.3) is 0 Å². The van der Waals surface area contributed by atoms with Gasteiger partial charge >= 0.3 is 0 Å². The highest BCUT2D eigenvalue weighted by atomic mass is 16.3. The molecule has 0 aromatic heterocycles. The van der Waals surface area contributed by atoms with E-state index in [1.807, 2.05) is 12.1 Å². The zero-order chi connectivity index (χ0) is 14.2. The second-order valence-electron chi connectivity index (χ2n) is 6.23. The summed E-state index contributed by atoms with van der Waals surface area (Å²) in [6.45, 7) is 2.06. The summed E-state index contributed by atoms with van der Waals surface area (Å²) in [7, 11) is 0. The molecule has 1 spiro atoms. The zero-order valence-corrected chi connectivity index (χ0v) is 11.7. The van der Waals surface area contributed by atoms with E-state index in [9.17, 15) is 9.90 Å². The Hall–Kier alpha value is -1.68. The molecule has 0 atom stereocenters. The van der Waals surface area contributed by atoms with Crippen molar-refractivity contribution in [3.8, 4) is 0 Å². The average molecular weight is 272 g/mol. The number of nitrogens with one attached hydrogen (secondary N) is 1. The van der Waals surface area contributed by atoms with Crippen molar-refractivity contribution in [3.63, 3.8) is 0 Å². The van der Waals surface area contributed by atoms with Crippen molar-refractivity contribution in [2.45, 2.75) is 38.7 Å². The van der Waals surface area contributed by atoms with Crippen molar-refractivity contribution in [1.29, 1.82) is 0 Å². The van der Waals surface area contributed by atoms with E-state index in [0.29, 0.717) is 17.7 Å². The number of nitrogens with zero attached hydrogens (tertiary/aromatic N) is 1. The van der Waals surface area contributed by atoms with Gasteiger partial charge in [-0.2, -0.15) is 5.10 Å². The average Bonchev–Trinajstić information content (AvgIpc) is 2.36. The molecule has 0 saturated heterocycles. The maximum absolute atomic E-state index is 10.5. The number of benzene rings is 1. The summed E-state index contributed by atoms with van der Waals surface area (Å²) < 4.78 is 0. The number of aryl methyl sites for hydroxylation is 1. The fourth-order valence-electron chi connectivity index (χ4n) is 3.78. The number of carbonyl (C=O) groups is 1. The molecule has 2 aliphatic carbocycles. The molecule has 1 aromatic rings. The van der Waals surface area contributed by atoms with Crippen LogP contribution in [0.1, 0.15) is 36.8 Å². The van der Waals surface area contributed by atoms with Gasteiger partial charge in [-0.15, -0.1) is 0 Å². The highest BCUT2D eigenvalue weighted by Gasteiger charge is 2.53. The van der Waals surface area contributed by atoms with E-state index >= 15 is 0 Å². The Labute approximate surface area is 118 Å². The van der Waals surface area contributed by atoms with Gasteiger partial charge in [0, 0.05) is 11.5 Å². The smallest absolute Gasteiger partial charge is 0.227 e. The topological polar surface area (TPSA) is 61.7 Å². The van der Waals surface area contributed by atoms with Gasteiger partial charge in [0.15, 0.2) is 0 Å². The number of aliphatic hydroxyl groups is 1. The van der Waals surface area contributed by atoms with Gasteiger partial charge in [0.05, 0.1) is 11.8 Å². The first-order chi connectivity index (χ1) is 9.63. The third-order valence-corrected chi connectivity index (χ3v) is 4.74. The van der Waals surface area contributed by atoms with Gasteiger partial charge in [-0.3, -0.25) is 4.79 Å². The van der Waals surface area contributed by atoms with Crippen LogP contribution in [0.3, 0.4) is 0 Å². The molecule has 1 amide bonds. The Bertz CT molecular complexity index is 539. The lowest BCUT2D eigenvalue weighted by Gasteiger charge is -2.56. The summed E-state index contributed by atoms with van der Waals surface area (Å²) in [4.78, 5) is 10.5. The minimum absolute atomic E-state index is 0.108. The largest absolute Gasteiger partial charge is 0.393 e. The van der Waals surface area contributed by atoms with Crippen molar-refractivity contribution in [3.05, 3.63) is 35.4 Å². The van der Waals surface area contributed by atoms with Crippen molar-refractivity contribution in [2.24, 2.45) is 16.4 Å². The fraction of sp³-hybridized carbons (Fsp3) is 0.500. The first-order valence-corrected chi connectivity index (χ1v) is 7.14. The van der Waals surface area contributed by atoms with Crippen molar-refractivity contribution >= 4 is 12.1 Å². The van der Waals surface area contributed by atoms with Crippen LogP contribution in [0.4, 0.5) is 0 Å². The first kappa shape index (κ1) is 13.3. The molecular weight excluding hydrogens is 252 g/mol. The van der Waals surface area contributed by atoms with Gasteiger partial charge in [-0.25, -0.2) is 5.43 Å². The Morgan fingerprint density at radius 2 is 2.05 bits per heavy atom. The van der Waals surface area contributed by atoms with E-state index in [4.69, 9.17) is 0 Å². The number of carbonyl (C=O) groups excluding carboxylic acids is 1. The molecule has 0 radical (unpaired) electrons. The Balaban J connectivity index is 1.79. The molecule has 2 N–H and O–H groups in total. The van der Waals surface area contributed by atoms with Gasteiger partial charge in [-0.05, 0) is 43.6 Å². The van der Waals surface area contributed by atoms with Gasteiger partial charge in [0.1, 0.15) is 0 Å². The normalized spacial score (nSPS) is 32.4. The summed E-state index contributed by atoms with van der Waals surface area (Å²) in [5.41, 5.74) is 6.06. The van der Waals surface area contributed by atoms with Crippen molar-refractivity contribution in [1.82, 2.24) is 5.43 Å². The van der Waals surface area contributed by atoms with Gasteiger partial charge < -0.3 is 5.11 Å². The van der Waals surface area contributed by atoms with Crippen LogP contribution in [0, 0.1) is 18.3 Å². The molecule has 0 aliphatic heterocycles. The Kier molecular flexibility index (Phi) is 3.34. The molecule has 3 rings (SSSR count). The van der Waals surface area contributed by atoms with Crippen LogP contribution in [-0.2, 0) is 4.79 Å². The number of hydrogen-bond acceptors (Lipinski definition) is 3. The van der Waals surface area contributed by atoms with Gasteiger partial charge in [0.2, 0.25) is 6.41 Å². The van der Waals surface area contributed by atoms with Crippen molar-refractivity contribution in [2.75, 3.05) is 0 Å². The summed E-state index contributed by atoms with van der Waals surface area (Å²) in [6.07, 6.45) is 4.48. The maximum Gasteiger partial charge on any atom is 0.227 e. The molecule has 0 unspecified atom stereocenters. The lowest BCUT2D eigenvalue weighted by molar-refractivity contribution is -0.109. The van der Waals surface area contributed by atoms with E-state index in [1.165, 1.54) is 5.56 Å². The minimum Gasteiger partial charge on any atom is -0.393 e. The first-order valence-electron chi connectivity index (χ1n) is 7.14. The monoisotopic (exact) mass is 272 g/mol. The Morgan fingerprint density at radius 3 is 2.65 bits per heavy atom. The third kappa shape index (κ3) is 2.24. The lowest BCUT2D eigenvalue weighted by Crippen LogP contribution is -2.52. The minimum atomic E-state index is -0.108. The molecule has 106 valence electrons. The number of amides is 1. The number of rotatable bonds is 4. The number of hydrazone groups is 1. The van der Waals surface area contributed by atoms with Crippen LogP contribution < -0.4 is 5.43 Å². The van der Waals surface area contributed by atoms with Crippen LogP contribution in [-0.4, -0.2) is 23.3 Å². The molecular formula is C16H20N2O2. The number of aliphatic hydroxyl groups excluding tert-OH is 1. The Morgan fingerprint density at radius 1 is 1.35 bits per heavy atom. The van der Waals surface area contributed by atoms with Gasteiger partial charge in [-0.1, -0.05) is 24.3 Å². The zero-order valence-electron chi connectivity index (χ0n) is 11.7. The lowest BCUT2D eigenvalue weighted by atomic mass is 9.49. The molecule has 0 bridgehead atoms. The highest BCUT2D eigenvalue weighted by molar-refractivity contribution is 6.04. The highest BCUT2D eigenvalue weighted by Crippen LogP contribution is 2.59. The summed E-state index contributed by atoms with van der Waals surface area (Å²) >= 11 is 0. The van der Waals surface area contributed by atoms with E-state index in [-0.39, 0.29) is 6.10 Å². The predicted octanol–water partition coefficient (Wildman–Crippen LogP) is 2.00. The maximum atomic E-state index is 10.5. The predicted molar refractivity (Wildman–Crippen MR) is 77.3 cm³/mol. The SMILES string of the molecule is Cc1ccccc1/C(=N\NC=O)C1CC2(CC(O)C2)C1. The van der Waals surface area contributed by atoms with Crippen molar-refractivity contribution < 1.29 is 9.90 Å². The van der Waals surface area contributed by atoms with Crippen LogP contribution >= 0.6 is 0 Å². The second kappa shape index (κ2) is 5.02. The van der Waals surface area contributed by atoms with Crippen LogP contribution in [0.25, 0.3) is 0 Å². The second-order valence-corrected chi connectivity index (χ2v) is 6.23.